The molecule has 24 heavy (non-hydrogen) atoms. The van der Waals surface area contributed by atoms with Crippen LogP contribution in [0.15, 0.2) is 11.6 Å². The molecule has 1 amide bonds. The zero-order valence-corrected chi connectivity index (χ0v) is 18.1. The number of aliphatic carboxylic acids is 1. The van der Waals surface area contributed by atoms with Crippen LogP contribution < -0.4 is 40.0 Å². The normalized spacial score (nSPS) is 21.9. The Balaban J connectivity index is 0.00000529. The summed E-state index contributed by atoms with van der Waals surface area (Å²) in [5.74, 6) is -0.399. The summed E-state index contributed by atoms with van der Waals surface area (Å²) in [6.45, 7) is 11.8. The molecule has 5 nitrogen and oxygen atoms in total. The first kappa shape index (κ1) is 23.6. The largest absolute Gasteiger partial charge is 1.00 e. The van der Waals surface area contributed by atoms with Gasteiger partial charge in [-0.2, -0.15) is 0 Å². The fourth-order valence-corrected chi connectivity index (χ4v) is 3.70. The third kappa shape index (κ3) is 6.87. The predicted octanol–water partition coefficient (Wildman–Crippen LogP) is -1.66. The number of carbonyl (C=O) groups is 2. The molecule has 132 valence electrons. The average Bonchev–Trinajstić information content (AvgIpc) is 2.46. The Kier molecular flexibility index (Phi) is 11.1. The maximum Gasteiger partial charge on any atom is 1.00 e. The van der Waals surface area contributed by atoms with Crippen LogP contribution in [-0.4, -0.2) is 41.9 Å². The third-order valence-corrected chi connectivity index (χ3v) is 4.73. The number of rotatable bonds is 8. The molecule has 1 rings (SSSR count). The van der Waals surface area contributed by atoms with E-state index in [4.69, 9.17) is 0 Å². The van der Waals surface area contributed by atoms with Crippen molar-refractivity contribution in [2.24, 2.45) is 11.8 Å². The van der Waals surface area contributed by atoms with Crippen LogP contribution in [-0.2, 0) is 9.59 Å². The van der Waals surface area contributed by atoms with Crippen LogP contribution >= 0.6 is 0 Å². The van der Waals surface area contributed by atoms with Gasteiger partial charge in [-0.3, -0.25) is 4.79 Å². The number of amides is 1. The first-order chi connectivity index (χ1) is 10.8. The maximum atomic E-state index is 11.6. The van der Waals surface area contributed by atoms with Crippen molar-refractivity contribution in [1.29, 1.82) is 0 Å². The molecule has 0 saturated carbocycles. The van der Waals surface area contributed by atoms with E-state index in [9.17, 15) is 14.7 Å². The van der Waals surface area contributed by atoms with Gasteiger partial charge in [0.1, 0.15) is 0 Å². The van der Waals surface area contributed by atoms with Gasteiger partial charge in [0.25, 0.3) is 0 Å². The van der Waals surface area contributed by atoms with Crippen molar-refractivity contribution in [3.63, 3.8) is 0 Å². The van der Waals surface area contributed by atoms with E-state index in [1.165, 1.54) is 0 Å². The minimum atomic E-state index is -1.07. The number of nitrogens with zero attached hydrogens (tertiary/aromatic N) is 1. The van der Waals surface area contributed by atoms with Gasteiger partial charge in [-0.1, -0.05) is 33.8 Å². The molecule has 0 aromatic carbocycles. The van der Waals surface area contributed by atoms with Gasteiger partial charge in [0, 0.05) is 19.0 Å². The average molecular weight is 346 g/mol. The molecule has 0 saturated heterocycles. The fraction of sp³-hybridized carbons (Fsp3) is 0.778. The van der Waals surface area contributed by atoms with E-state index in [0.717, 1.165) is 19.5 Å². The van der Waals surface area contributed by atoms with Crippen LogP contribution in [0.4, 0.5) is 0 Å². The maximum absolute atomic E-state index is 11.6. The van der Waals surface area contributed by atoms with E-state index in [1.54, 1.807) is 13.0 Å². The number of hydrogen-bond acceptors (Lipinski definition) is 4. The molecular formula is C18H31N2NaO3. The fourth-order valence-electron chi connectivity index (χ4n) is 3.70. The van der Waals surface area contributed by atoms with E-state index < -0.39 is 5.97 Å². The van der Waals surface area contributed by atoms with Crippen LogP contribution in [0.25, 0.3) is 0 Å². The Morgan fingerprint density at radius 1 is 1.33 bits per heavy atom. The molecule has 0 aliphatic heterocycles. The van der Waals surface area contributed by atoms with Crippen molar-refractivity contribution >= 4 is 11.9 Å². The Bertz CT molecular complexity index is 448. The number of carboxylic acid groups (broad SMARTS) is 1. The minimum absolute atomic E-state index is 0. The van der Waals surface area contributed by atoms with E-state index in [1.807, 2.05) is 0 Å². The van der Waals surface area contributed by atoms with Gasteiger partial charge < -0.3 is 20.1 Å². The molecule has 0 aromatic heterocycles. The van der Waals surface area contributed by atoms with Gasteiger partial charge in [0.15, 0.2) is 0 Å². The van der Waals surface area contributed by atoms with E-state index in [-0.39, 0.29) is 53.5 Å². The van der Waals surface area contributed by atoms with Gasteiger partial charge in [0.2, 0.25) is 5.91 Å². The monoisotopic (exact) mass is 346 g/mol. The molecule has 1 aliphatic rings. The van der Waals surface area contributed by atoms with Crippen LogP contribution in [0, 0.1) is 11.8 Å². The second kappa shape index (κ2) is 11.3. The molecule has 0 unspecified atom stereocenters. The van der Waals surface area contributed by atoms with Crippen molar-refractivity contribution in [3.8, 4) is 0 Å². The van der Waals surface area contributed by atoms with E-state index in [0.29, 0.717) is 24.3 Å². The Hall–Kier alpha value is -0.360. The van der Waals surface area contributed by atoms with Gasteiger partial charge in [-0.25, -0.2) is 0 Å². The SMILES string of the molecule is CCN(CC)[C@@H]1CC(C(=O)[O-])=CC[C@@H]1[C@H](CC(C)C)NC(C)=O.[Na+]. The number of carbonyl (C=O) groups excluding carboxylic acids is 2. The van der Waals surface area contributed by atoms with Gasteiger partial charge in [-0.05, 0) is 49.8 Å². The van der Waals surface area contributed by atoms with Crippen LogP contribution in [0.2, 0.25) is 0 Å². The summed E-state index contributed by atoms with van der Waals surface area (Å²) in [6, 6.07) is 0.191. The number of hydrogen-bond donors (Lipinski definition) is 1. The molecule has 1 N–H and O–H groups in total. The minimum Gasteiger partial charge on any atom is -0.545 e. The number of carboxylic acids is 1. The molecule has 0 fully saturated rings. The smallest absolute Gasteiger partial charge is 0.545 e. The van der Waals surface area contributed by atoms with Crippen molar-refractivity contribution in [2.45, 2.75) is 66.0 Å². The molecule has 6 heteroatoms. The summed E-state index contributed by atoms with van der Waals surface area (Å²) in [4.78, 5) is 25.2. The van der Waals surface area contributed by atoms with Crippen molar-refractivity contribution in [3.05, 3.63) is 11.6 Å². The summed E-state index contributed by atoms with van der Waals surface area (Å²) in [5, 5.41) is 14.4. The summed E-state index contributed by atoms with van der Waals surface area (Å²) >= 11 is 0. The summed E-state index contributed by atoms with van der Waals surface area (Å²) in [6.07, 6.45) is 3.84. The van der Waals surface area contributed by atoms with Crippen LogP contribution in [0.1, 0.15) is 53.9 Å². The first-order valence-electron chi connectivity index (χ1n) is 8.71. The second-order valence-electron chi connectivity index (χ2n) is 6.85. The molecule has 0 radical (unpaired) electrons. The predicted molar refractivity (Wildman–Crippen MR) is 89.6 cm³/mol. The number of allylic oxidation sites excluding steroid dienone is 1. The van der Waals surface area contributed by atoms with Crippen LogP contribution in [0.5, 0.6) is 0 Å². The molecule has 1 aliphatic carbocycles. The van der Waals surface area contributed by atoms with E-state index >= 15 is 0 Å². The Morgan fingerprint density at radius 2 is 1.92 bits per heavy atom. The van der Waals surface area contributed by atoms with Gasteiger partial charge in [0.05, 0.1) is 5.97 Å². The molecule has 0 spiro atoms. The van der Waals surface area contributed by atoms with Gasteiger partial charge in [-0.15, -0.1) is 0 Å². The van der Waals surface area contributed by atoms with E-state index in [2.05, 4.69) is 37.9 Å². The summed E-state index contributed by atoms with van der Waals surface area (Å²) in [7, 11) is 0. The Morgan fingerprint density at radius 3 is 2.33 bits per heavy atom. The second-order valence-corrected chi connectivity index (χ2v) is 6.85. The molecule has 0 aromatic rings. The standard InChI is InChI=1S/C18H32N2O3.Na/c1-6-20(7-2)17-11-14(18(22)23)8-9-15(17)16(10-12(3)4)19-13(5)21;/h8,12,15-17H,6-7,9-11H2,1-5H3,(H,19,21)(H,22,23);/q;+1/p-1/t15-,16+,17-;/m1./s1. The molecule has 0 bridgehead atoms. The van der Waals surface area contributed by atoms with Crippen molar-refractivity contribution in [1.82, 2.24) is 10.2 Å². The quantitative estimate of drug-likeness (QED) is 0.534. The van der Waals surface area contributed by atoms with Crippen LogP contribution in [0.3, 0.4) is 0 Å². The molecular weight excluding hydrogens is 315 g/mol. The third-order valence-electron chi connectivity index (χ3n) is 4.73. The zero-order chi connectivity index (χ0) is 17.6. The number of nitrogens with one attached hydrogen (secondary N) is 1. The summed E-state index contributed by atoms with van der Waals surface area (Å²) in [5.41, 5.74) is 0.393. The van der Waals surface area contributed by atoms with Crippen molar-refractivity contribution < 1.29 is 44.3 Å². The topological polar surface area (TPSA) is 72.5 Å². The first-order valence-corrected chi connectivity index (χ1v) is 8.71. The summed E-state index contributed by atoms with van der Waals surface area (Å²) < 4.78 is 0. The molecule has 0 heterocycles. The molecule has 3 atom stereocenters. The van der Waals surface area contributed by atoms with Gasteiger partial charge >= 0.3 is 29.6 Å². The Labute approximate surface area is 168 Å². The zero-order valence-electron chi connectivity index (χ0n) is 16.1. The van der Waals surface area contributed by atoms with Crippen molar-refractivity contribution in [2.75, 3.05) is 13.1 Å².